The van der Waals surface area contributed by atoms with E-state index in [9.17, 15) is 4.79 Å². The summed E-state index contributed by atoms with van der Waals surface area (Å²) in [5.74, 6) is -0.530. The van der Waals surface area contributed by atoms with Gasteiger partial charge in [-0.15, -0.1) is 0 Å². The highest BCUT2D eigenvalue weighted by molar-refractivity contribution is 5.78. The molecule has 1 atom stereocenters. The number of hydrogen-bond acceptors (Lipinski definition) is 4. The highest BCUT2D eigenvalue weighted by Gasteiger charge is 2.21. The van der Waals surface area contributed by atoms with Crippen molar-refractivity contribution < 1.29 is 9.90 Å². The first-order valence-corrected chi connectivity index (χ1v) is 5.22. The van der Waals surface area contributed by atoms with Crippen LogP contribution in [0.5, 0.6) is 0 Å². The molecule has 0 spiro atoms. The fourth-order valence-corrected chi connectivity index (χ4v) is 1.56. The first-order valence-electron chi connectivity index (χ1n) is 5.22. The molecule has 0 aliphatic carbocycles. The number of nitrogens with zero attached hydrogens (tertiary/aromatic N) is 3. The van der Waals surface area contributed by atoms with E-state index in [0.717, 1.165) is 11.3 Å². The van der Waals surface area contributed by atoms with Crippen LogP contribution in [-0.2, 0) is 4.79 Å². The molecular weight excluding hydrogens is 218 g/mol. The van der Waals surface area contributed by atoms with Crippen LogP contribution in [0.1, 0.15) is 23.7 Å². The molecule has 17 heavy (non-hydrogen) atoms. The van der Waals surface area contributed by atoms with Gasteiger partial charge >= 0.3 is 5.97 Å². The van der Waals surface area contributed by atoms with Gasteiger partial charge in [0.1, 0.15) is 17.9 Å². The van der Waals surface area contributed by atoms with Crippen molar-refractivity contribution >= 4 is 11.8 Å². The maximum Gasteiger partial charge on any atom is 0.326 e. The highest BCUT2D eigenvalue weighted by Crippen LogP contribution is 2.22. The molecule has 5 nitrogen and oxygen atoms in total. The molecule has 0 radical (unpaired) electrons. The van der Waals surface area contributed by atoms with Gasteiger partial charge in [-0.1, -0.05) is 0 Å². The first-order chi connectivity index (χ1) is 7.88. The lowest BCUT2D eigenvalue weighted by Gasteiger charge is -2.24. The van der Waals surface area contributed by atoms with E-state index in [1.165, 1.54) is 4.90 Å². The zero-order valence-corrected chi connectivity index (χ0v) is 10.4. The summed E-state index contributed by atoms with van der Waals surface area (Å²) in [6.45, 7) is 5.19. The van der Waals surface area contributed by atoms with Crippen molar-refractivity contribution in [2.75, 3.05) is 11.9 Å². The van der Waals surface area contributed by atoms with Crippen LogP contribution in [0.25, 0.3) is 0 Å². The monoisotopic (exact) mass is 233 g/mol. The largest absolute Gasteiger partial charge is 0.480 e. The number of hydrogen-bond donors (Lipinski definition) is 1. The van der Waals surface area contributed by atoms with Gasteiger partial charge in [0.2, 0.25) is 0 Å². The number of nitriles is 1. The normalized spacial score (nSPS) is 11.7. The second-order valence-corrected chi connectivity index (χ2v) is 4.02. The number of aliphatic carboxylic acids is 1. The standard InChI is InChI=1S/C12H15N3O2/c1-7-5-8(2)14-11(10(7)6-13)15(4)9(3)12(16)17/h5,9H,1-4H3,(H,16,17). The predicted molar refractivity (Wildman–Crippen MR) is 63.9 cm³/mol. The van der Waals surface area contributed by atoms with Gasteiger partial charge in [-0.25, -0.2) is 9.78 Å². The van der Waals surface area contributed by atoms with Crippen molar-refractivity contribution in [3.05, 3.63) is 22.9 Å². The molecule has 1 aromatic rings. The molecule has 0 bridgehead atoms. The number of carboxylic acid groups (broad SMARTS) is 1. The fraction of sp³-hybridized carbons (Fsp3) is 0.417. The zero-order valence-electron chi connectivity index (χ0n) is 10.4. The molecule has 0 aromatic carbocycles. The molecule has 1 unspecified atom stereocenters. The summed E-state index contributed by atoms with van der Waals surface area (Å²) in [4.78, 5) is 16.7. The van der Waals surface area contributed by atoms with E-state index in [-0.39, 0.29) is 0 Å². The van der Waals surface area contributed by atoms with Gasteiger partial charge in [0.25, 0.3) is 0 Å². The number of pyridine rings is 1. The predicted octanol–water partition coefficient (Wildman–Crippen LogP) is 1.48. The topological polar surface area (TPSA) is 77.2 Å². The Bertz CT molecular complexity index is 491. The van der Waals surface area contributed by atoms with Crippen LogP contribution >= 0.6 is 0 Å². The van der Waals surface area contributed by atoms with Gasteiger partial charge in [-0.05, 0) is 32.4 Å². The van der Waals surface area contributed by atoms with E-state index >= 15 is 0 Å². The number of carboxylic acids is 1. The van der Waals surface area contributed by atoms with Gasteiger partial charge in [0.15, 0.2) is 0 Å². The van der Waals surface area contributed by atoms with E-state index in [1.807, 2.05) is 13.8 Å². The Balaban J connectivity index is 3.31. The number of likely N-dealkylation sites (N-methyl/N-ethyl adjacent to an activating group) is 1. The Morgan fingerprint density at radius 1 is 1.59 bits per heavy atom. The maximum absolute atomic E-state index is 10.9. The van der Waals surface area contributed by atoms with Crippen LogP contribution < -0.4 is 4.90 Å². The van der Waals surface area contributed by atoms with Crippen LogP contribution in [0.2, 0.25) is 0 Å². The summed E-state index contributed by atoms with van der Waals surface area (Å²) in [5, 5.41) is 18.1. The molecule has 5 heteroatoms. The lowest BCUT2D eigenvalue weighted by molar-refractivity contribution is -0.138. The van der Waals surface area contributed by atoms with Crippen molar-refractivity contribution in [2.24, 2.45) is 0 Å². The van der Waals surface area contributed by atoms with Crippen LogP contribution in [0.3, 0.4) is 0 Å². The second kappa shape index (κ2) is 4.83. The van der Waals surface area contributed by atoms with Gasteiger partial charge in [0.05, 0.1) is 5.56 Å². The van der Waals surface area contributed by atoms with E-state index in [0.29, 0.717) is 11.4 Å². The Morgan fingerprint density at radius 2 is 2.18 bits per heavy atom. The molecule has 1 N–H and O–H groups in total. The molecule has 0 aliphatic heterocycles. The van der Waals surface area contributed by atoms with Gasteiger partial charge in [-0.2, -0.15) is 5.26 Å². The quantitative estimate of drug-likeness (QED) is 0.855. The molecule has 0 fully saturated rings. The van der Waals surface area contributed by atoms with Crippen LogP contribution in [0.4, 0.5) is 5.82 Å². The van der Waals surface area contributed by atoms with Crippen molar-refractivity contribution in [3.63, 3.8) is 0 Å². The molecule has 1 rings (SSSR count). The molecule has 90 valence electrons. The molecule has 0 saturated heterocycles. The third-order valence-corrected chi connectivity index (χ3v) is 2.71. The third-order valence-electron chi connectivity index (χ3n) is 2.71. The van der Waals surface area contributed by atoms with Crippen molar-refractivity contribution in [1.29, 1.82) is 5.26 Å². The minimum Gasteiger partial charge on any atom is -0.480 e. The average Bonchev–Trinajstić information content (AvgIpc) is 2.25. The smallest absolute Gasteiger partial charge is 0.326 e. The number of aromatic nitrogens is 1. The molecular formula is C12H15N3O2. The third kappa shape index (κ3) is 2.53. The van der Waals surface area contributed by atoms with Gasteiger partial charge in [0, 0.05) is 12.7 Å². The number of aryl methyl sites for hydroxylation is 2. The molecule has 1 aromatic heterocycles. The molecule has 1 heterocycles. The molecule has 0 saturated carbocycles. The second-order valence-electron chi connectivity index (χ2n) is 4.02. The molecule has 0 amide bonds. The minimum atomic E-state index is -0.947. The number of rotatable bonds is 3. The Kier molecular flexibility index (Phi) is 3.69. The van der Waals surface area contributed by atoms with E-state index < -0.39 is 12.0 Å². The summed E-state index contributed by atoms with van der Waals surface area (Å²) in [6, 6.07) is 3.15. The maximum atomic E-state index is 10.9. The van der Waals surface area contributed by atoms with Crippen LogP contribution in [-0.4, -0.2) is 29.1 Å². The summed E-state index contributed by atoms with van der Waals surface area (Å²) in [6.07, 6.45) is 0. The van der Waals surface area contributed by atoms with Crippen molar-refractivity contribution in [1.82, 2.24) is 4.98 Å². The summed E-state index contributed by atoms with van der Waals surface area (Å²) in [7, 11) is 1.63. The zero-order chi connectivity index (χ0) is 13.2. The SMILES string of the molecule is Cc1cc(C)c(C#N)c(N(C)C(C)C(=O)O)n1. The Hall–Kier alpha value is -2.09. The van der Waals surface area contributed by atoms with Crippen LogP contribution in [0.15, 0.2) is 6.07 Å². The number of anilines is 1. The fourth-order valence-electron chi connectivity index (χ4n) is 1.56. The lowest BCUT2D eigenvalue weighted by atomic mass is 10.1. The summed E-state index contributed by atoms with van der Waals surface area (Å²) >= 11 is 0. The van der Waals surface area contributed by atoms with Crippen molar-refractivity contribution in [3.8, 4) is 6.07 Å². The van der Waals surface area contributed by atoms with Crippen molar-refractivity contribution in [2.45, 2.75) is 26.8 Å². The van der Waals surface area contributed by atoms with E-state index in [2.05, 4.69) is 11.1 Å². The lowest BCUT2D eigenvalue weighted by Crippen LogP contribution is -2.37. The van der Waals surface area contributed by atoms with E-state index in [4.69, 9.17) is 10.4 Å². The number of carbonyl (C=O) groups is 1. The minimum absolute atomic E-state index is 0.417. The van der Waals surface area contributed by atoms with Gasteiger partial charge in [-0.3, -0.25) is 0 Å². The first kappa shape index (κ1) is 13.0. The highest BCUT2D eigenvalue weighted by atomic mass is 16.4. The Morgan fingerprint density at radius 3 is 2.65 bits per heavy atom. The van der Waals surface area contributed by atoms with E-state index in [1.54, 1.807) is 20.0 Å². The summed E-state index contributed by atoms with van der Waals surface area (Å²) in [5.41, 5.74) is 1.99. The van der Waals surface area contributed by atoms with Gasteiger partial charge < -0.3 is 10.0 Å². The van der Waals surface area contributed by atoms with Crippen LogP contribution in [0, 0.1) is 25.2 Å². The molecule has 0 aliphatic rings. The average molecular weight is 233 g/mol. The Labute approximate surface area is 100 Å². The summed E-state index contributed by atoms with van der Waals surface area (Å²) < 4.78 is 0.